The lowest BCUT2D eigenvalue weighted by atomic mass is 10.1. The maximum atomic E-state index is 12.8. The quantitative estimate of drug-likeness (QED) is 0.341. The van der Waals surface area contributed by atoms with Crippen LogP contribution in [-0.4, -0.2) is 27.1 Å². The Morgan fingerprint density at radius 3 is 2.59 bits per heavy atom. The average Bonchev–Trinajstić information content (AvgIpc) is 3.00. The molecule has 1 fully saturated rings. The number of β-lactam (4-membered cyclic amide) rings is 1. The van der Waals surface area contributed by atoms with Crippen molar-refractivity contribution in [3.8, 4) is 0 Å². The molecule has 7 nitrogen and oxygen atoms in total. The number of hydrogen-bond acceptors (Lipinski definition) is 6. The number of amides is 1. The predicted octanol–water partition coefficient (Wildman–Crippen LogP) is 3.31. The van der Waals surface area contributed by atoms with Crippen LogP contribution in [0.4, 0.5) is 5.69 Å². The van der Waals surface area contributed by atoms with E-state index < -0.39 is 10.9 Å². The minimum Gasteiger partial charge on any atom is -0.456 e. The smallest absolute Gasteiger partial charge is 0.356 e. The standard InChI is InChI=1S/C19H14N2O5S/c22-15-10-16-20(15)17(18(27-16)12-6-2-1-3-7-12)19(23)26-11-13-8-4-5-9-14(13)21(24)25/h1-9,16H,10-11H2/t16-/m0/s1. The van der Waals surface area contributed by atoms with Crippen molar-refractivity contribution in [3.05, 3.63) is 81.5 Å². The van der Waals surface area contributed by atoms with Crippen molar-refractivity contribution in [2.24, 2.45) is 0 Å². The van der Waals surface area contributed by atoms with Crippen LogP contribution in [0.2, 0.25) is 0 Å². The first-order valence-electron chi connectivity index (χ1n) is 8.24. The molecule has 0 aliphatic carbocycles. The van der Waals surface area contributed by atoms with E-state index in [0.717, 1.165) is 5.56 Å². The number of rotatable bonds is 5. The summed E-state index contributed by atoms with van der Waals surface area (Å²) in [6, 6.07) is 15.4. The Labute approximate surface area is 158 Å². The van der Waals surface area contributed by atoms with Crippen LogP contribution in [-0.2, 0) is 20.9 Å². The molecule has 2 aromatic rings. The fraction of sp³-hybridized carbons (Fsp3) is 0.158. The number of fused-ring (bicyclic) bond motifs is 1. The number of nitro groups is 1. The van der Waals surface area contributed by atoms with Gasteiger partial charge in [0.2, 0.25) is 5.91 Å². The third kappa shape index (κ3) is 3.08. The number of nitro benzene ring substituents is 1. The molecule has 2 aromatic carbocycles. The van der Waals surface area contributed by atoms with Gasteiger partial charge in [0.25, 0.3) is 5.69 Å². The summed E-state index contributed by atoms with van der Waals surface area (Å²) in [5, 5.41) is 11.0. The summed E-state index contributed by atoms with van der Waals surface area (Å²) in [4.78, 5) is 37.5. The van der Waals surface area contributed by atoms with Crippen LogP contribution in [0.3, 0.4) is 0 Å². The lowest BCUT2D eigenvalue weighted by Crippen LogP contribution is -2.48. The van der Waals surface area contributed by atoms with E-state index in [1.165, 1.54) is 22.7 Å². The summed E-state index contributed by atoms with van der Waals surface area (Å²) in [6.45, 7) is -0.237. The van der Waals surface area contributed by atoms with Gasteiger partial charge in [-0.05, 0) is 11.6 Å². The normalized spacial score (nSPS) is 18.1. The summed E-state index contributed by atoms with van der Waals surface area (Å²) in [7, 11) is 0. The number of hydrogen-bond donors (Lipinski definition) is 0. The molecule has 8 heteroatoms. The fourth-order valence-corrected chi connectivity index (χ4v) is 4.45. The van der Waals surface area contributed by atoms with Crippen molar-refractivity contribution in [2.75, 3.05) is 0 Å². The topological polar surface area (TPSA) is 89.7 Å². The summed E-state index contributed by atoms with van der Waals surface area (Å²) >= 11 is 1.46. The van der Waals surface area contributed by atoms with E-state index in [1.54, 1.807) is 18.2 Å². The van der Waals surface area contributed by atoms with E-state index in [1.807, 2.05) is 30.3 Å². The predicted molar refractivity (Wildman–Crippen MR) is 99.1 cm³/mol. The zero-order valence-electron chi connectivity index (χ0n) is 14.0. The average molecular weight is 382 g/mol. The van der Waals surface area contributed by atoms with Gasteiger partial charge in [0.05, 0.1) is 22.3 Å². The fourth-order valence-electron chi connectivity index (χ4n) is 3.06. The molecule has 1 amide bonds. The Morgan fingerprint density at radius 1 is 1.19 bits per heavy atom. The second kappa shape index (κ2) is 6.88. The second-order valence-corrected chi connectivity index (χ2v) is 7.23. The van der Waals surface area contributed by atoms with Gasteiger partial charge in [-0.25, -0.2) is 4.79 Å². The first-order chi connectivity index (χ1) is 13.1. The van der Waals surface area contributed by atoms with E-state index in [2.05, 4.69) is 0 Å². The van der Waals surface area contributed by atoms with E-state index >= 15 is 0 Å². The second-order valence-electron chi connectivity index (χ2n) is 6.05. The van der Waals surface area contributed by atoms with Crippen molar-refractivity contribution in [2.45, 2.75) is 18.4 Å². The SMILES string of the molecule is O=C(OCc1ccccc1[N+](=O)[O-])C1=C(c2ccccc2)S[C@H]2CC(=O)N12. The number of carbonyl (C=O) groups excluding carboxylic acids is 2. The van der Waals surface area contributed by atoms with E-state index in [9.17, 15) is 19.7 Å². The molecule has 1 saturated heterocycles. The van der Waals surface area contributed by atoms with Gasteiger partial charge >= 0.3 is 5.97 Å². The molecule has 4 rings (SSSR count). The van der Waals surface area contributed by atoms with Gasteiger partial charge in [0.1, 0.15) is 12.3 Å². The van der Waals surface area contributed by atoms with Gasteiger partial charge in [0, 0.05) is 11.0 Å². The van der Waals surface area contributed by atoms with Crippen LogP contribution in [0.1, 0.15) is 17.5 Å². The molecule has 1 atom stereocenters. The Bertz CT molecular complexity index is 973. The van der Waals surface area contributed by atoms with Crippen LogP contribution in [0.5, 0.6) is 0 Å². The van der Waals surface area contributed by atoms with Crippen molar-refractivity contribution in [1.29, 1.82) is 0 Å². The van der Waals surface area contributed by atoms with Crippen molar-refractivity contribution >= 4 is 34.2 Å². The lowest BCUT2D eigenvalue weighted by molar-refractivity contribution is -0.385. The highest BCUT2D eigenvalue weighted by molar-refractivity contribution is 8.09. The molecule has 0 spiro atoms. The maximum absolute atomic E-state index is 12.8. The maximum Gasteiger partial charge on any atom is 0.356 e. The van der Waals surface area contributed by atoms with Gasteiger partial charge in [-0.15, -0.1) is 0 Å². The van der Waals surface area contributed by atoms with Crippen LogP contribution < -0.4 is 0 Å². The molecule has 0 saturated carbocycles. The van der Waals surface area contributed by atoms with Gasteiger partial charge in [-0.1, -0.05) is 54.2 Å². The van der Waals surface area contributed by atoms with Crippen LogP contribution in [0.25, 0.3) is 4.91 Å². The van der Waals surface area contributed by atoms with Gasteiger partial charge in [-0.2, -0.15) is 0 Å². The van der Waals surface area contributed by atoms with Gasteiger partial charge in [0.15, 0.2) is 0 Å². The zero-order valence-corrected chi connectivity index (χ0v) is 14.8. The van der Waals surface area contributed by atoms with Crippen molar-refractivity contribution < 1.29 is 19.2 Å². The summed E-state index contributed by atoms with van der Waals surface area (Å²) in [6.07, 6.45) is 0.377. The molecule has 136 valence electrons. The van der Waals surface area contributed by atoms with Crippen molar-refractivity contribution in [3.63, 3.8) is 0 Å². The molecule has 2 heterocycles. The first kappa shape index (κ1) is 17.3. The van der Waals surface area contributed by atoms with Gasteiger partial charge < -0.3 is 4.74 Å². The number of carbonyl (C=O) groups is 2. The Morgan fingerprint density at radius 2 is 1.89 bits per heavy atom. The highest BCUT2D eigenvalue weighted by Crippen LogP contribution is 2.50. The molecule has 0 radical (unpaired) electrons. The summed E-state index contributed by atoms with van der Waals surface area (Å²) in [5.41, 5.74) is 1.24. The number of nitrogens with zero attached hydrogens (tertiary/aromatic N) is 2. The molecule has 0 unspecified atom stereocenters. The third-order valence-electron chi connectivity index (χ3n) is 4.39. The Kier molecular flexibility index (Phi) is 4.41. The minimum absolute atomic E-state index is 0.0960. The molecular formula is C19H14N2O5S. The highest BCUT2D eigenvalue weighted by Gasteiger charge is 2.49. The number of benzene rings is 2. The highest BCUT2D eigenvalue weighted by atomic mass is 32.2. The molecule has 27 heavy (non-hydrogen) atoms. The van der Waals surface area contributed by atoms with E-state index in [0.29, 0.717) is 16.9 Å². The Hall–Kier alpha value is -3.13. The number of ether oxygens (including phenoxy) is 1. The minimum atomic E-state index is -0.657. The van der Waals surface area contributed by atoms with Crippen molar-refractivity contribution in [1.82, 2.24) is 4.90 Å². The molecular weight excluding hydrogens is 368 g/mol. The Balaban J connectivity index is 1.61. The monoisotopic (exact) mass is 382 g/mol. The summed E-state index contributed by atoms with van der Waals surface area (Å²) in [5.74, 6) is -0.786. The zero-order chi connectivity index (χ0) is 19.0. The number of thioether (sulfide) groups is 1. The first-order valence-corrected chi connectivity index (χ1v) is 9.12. The van der Waals surface area contributed by atoms with Gasteiger partial charge in [-0.3, -0.25) is 19.8 Å². The molecule has 0 N–H and O–H groups in total. The van der Waals surface area contributed by atoms with Crippen LogP contribution in [0.15, 0.2) is 60.3 Å². The number of para-hydroxylation sites is 1. The largest absolute Gasteiger partial charge is 0.456 e. The molecule has 0 bridgehead atoms. The lowest BCUT2D eigenvalue weighted by Gasteiger charge is -2.34. The van der Waals surface area contributed by atoms with Crippen LogP contribution in [0, 0.1) is 10.1 Å². The van der Waals surface area contributed by atoms with E-state index in [-0.39, 0.29) is 29.3 Å². The van der Waals surface area contributed by atoms with E-state index in [4.69, 9.17) is 4.74 Å². The molecule has 2 aliphatic rings. The molecule has 0 aromatic heterocycles. The third-order valence-corrected chi connectivity index (χ3v) is 5.71. The molecule has 2 aliphatic heterocycles. The van der Waals surface area contributed by atoms with Crippen LogP contribution >= 0.6 is 11.8 Å². The summed E-state index contributed by atoms with van der Waals surface area (Å²) < 4.78 is 5.35. The number of esters is 1.